The number of hydrogen-bond acceptors (Lipinski definition) is 6. The van der Waals surface area contributed by atoms with Gasteiger partial charge < -0.3 is 10.1 Å². The van der Waals surface area contributed by atoms with Gasteiger partial charge in [0.05, 0.1) is 16.5 Å². The first-order valence-electron chi connectivity index (χ1n) is 12.8. The zero-order valence-electron chi connectivity index (χ0n) is 20.4. The monoisotopic (exact) mass is 488 g/mol. The molecule has 0 bridgehead atoms. The van der Waals surface area contributed by atoms with E-state index in [1.807, 2.05) is 18.2 Å². The number of aryl methyl sites for hydroxylation is 1. The Bertz CT molecular complexity index is 1300. The van der Waals surface area contributed by atoms with Crippen molar-refractivity contribution >= 4 is 22.8 Å². The Hall–Kier alpha value is -3.52. The van der Waals surface area contributed by atoms with Crippen LogP contribution >= 0.6 is 0 Å². The molecule has 0 aliphatic carbocycles. The van der Waals surface area contributed by atoms with Gasteiger partial charge in [0.15, 0.2) is 6.61 Å². The van der Waals surface area contributed by atoms with Crippen LogP contribution in [-0.2, 0) is 29.0 Å². The fourth-order valence-electron chi connectivity index (χ4n) is 5.11. The smallest absolute Gasteiger partial charge is 0.338 e. The van der Waals surface area contributed by atoms with Gasteiger partial charge in [0.1, 0.15) is 5.82 Å². The number of rotatable bonds is 6. The number of carbonyl (C=O) groups is 2. The first-order valence-corrected chi connectivity index (χ1v) is 12.8. The summed E-state index contributed by atoms with van der Waals surface area (Å²) >= 11 is 0. The number of ether oxygens (including phenoxy) is 1. The number of aromatic nitrogens is 2. The van der Waals surface area contributed by atoms with Crippen molar-refractivity contribution in [2.75, 3.05) is 19.7 Å². The molecule has 5 rings (SSSR count). The van der Waals surface area contributed by atoms with Gasteiger partial charge in [-0.3, -0.25) is 19.1 Å². The second-order valence-electron chi connectivity index (χ2n) is 9.71. The zero-order valence-corrected chi connectivity index (χ0v) is 20.4. The second-order valence-corrected chi connectivity index (χ2v) is 9.71. The molecule has 0 radical (unpaired) electrons. The standard InChI is InChI=1S/C28H32N4O4/c33-26(29-22-12-15-31(16-13-22)18-20-7-3-1-4-8-20)19-36-28(35)21-10-11-23-24(17-21)30-25-9-5-2-6-14-32(25)27(23)34/h1,3-4,7-8,10-11,17,22H,2,5-6,9,12-16,18-19H2,(H,29,33). The van der Waals surface area contributed by atoms with E-state index in [9.17, 15) is 14.4 Å². The molecule has 2 aromatic carbocycles. The largest absolute Gasteiger partial charge is 0.452 e. The van der Waals surface area contributed by atoms with Gasteiger partial charge >= 0.3 is 5.97 Å². The van der Waals surface area contributed by atoms with Crippen LogP contribution in [0.3, 0.4) is 0 Å². The second kappa shape index (κ2) is 11.0. The van der Waals surface area contributed by atoms with Crippen molar-refractivity contribution in [3.05, 3.63) is 75.8 Å². The lowest BCUT2D eigenvalue weighted by Gasteiger charge is -2.32. The number of piperidine rings is 1. The van der Waals surface area contributed by atoms with Crippen molar-refractivity contribution in [3.8, 4) is 0 Å². The van der Waals surface area contributed by atoms with E-state index in [0.717, 1.165) is 64.0 Å². The van der Waals surface area contributed by atoms with Crippen LogP contribution in [0, 0.1) is 0 Å². The van der Waals surface area contributed by atoms with Crippen molar-refractivity contribution in [2.45, 2.75) is 57.7 Å². The van der Waals surface area contributed by atoms with Gasteiger partial charge in [-0.2, -0.15) is 0 Å². The number of nitrogens with one attached hydrogen (secondary N) is 1. The highest BCUT2D eigenvalue weighted by atomic mass is 16.5. The molecule has 1 saturated heterocycles. The molecule has 0 saturated carbocycles. The minimum Gasteiger partial charge on any atom is -0.452 e. The van der Waals surface area contributed by atoms with E-state index in [4.69, 9.17) is 4.74 Å². The van der Waals surface area contributed by atoms with E-state index in [1.54, 1.807) is 22.8 Å². The molecule has 8 nitrogen and oxygen atoms in total. The van der Waals surface area contributed by atoms with E-state index in [0.29, 0.717) is 17.4 Å². The molecule has 2 aliphatic heterocycles. The lowest BCUT2D eigenvalue weighted by atomic mass is 10.0. The normalized spacial score (nSPS) is 16.8. The molecule has 188 valence electrons. The molecule has 1 aromatic heterocycles. The zero-order chi connectivity index (χ0) is 24.9. The SMILES string of the molecule is O=C(COC(=O)c1ccc2c(=O)n3c(nc2c1)CCCCC3)NC1CCN(Cc2ccccc2)CC1. The summed E-state index contributed by atoms with van der Waals surface area (Å²) in [5.74, 6) is -0.126. The number of hydrogen-bond donors (Lipinski definition) is 1. The maximum absolute atomic E-state index is 12.9. The molecule has 36 heavy (non-hydrogen) atoms. The van der Waals surface area contributed by atoms with Crippen molar-refractivity contribution < 1.29 is 14.3 Å². The van der Waals surface area contributed by atoms with Crippen molar-refractivity contribution in [2.24, 2.45) is 0 Å². The third-order valence-electron chi connectivity index (χ3n) is 7.09. The van der Waals surface area contributed by atoms with Gasteiger partial charge in [0.25, 0.3) is 11.5 Å². The molecule has 1 fully saturated rings. The van der Waals surface area contributed by atoms with Gasteiger partial charge in [0.2, 0.25) is 0 Å². The number of likely N-dealkylation sites (tertiary alicyclic amines) is 1. The highest BCUT2D eigenvalue weighted by Crippen LogP contribution is 2.17. The molecule has 0 atom stereocenters. The first kappa shape index (κ1) is 24.2. The quantitative estimate of drug-likeness (QED) is 0.536. The van der Waals surface area contributed by atoms with E-state index in [1.165, 1.54) is 5.56 Å². The van der Waals surface area contributed by atoms with Crippen LogP contribution in [-0.4, -0.2) is 52.1 Å². The highest BCUT2D eigenvalue weighted by molar-refractivity contribution is 5.95. The molecule has 0 unspecified atom stereocenters. The average Bonchev–Trinajstić information content (AvgIpc) is 3.15. The van der Waals surface area contributed by atoms with Crippen molar-refractivity contribution in [3.63, 3.8) is 0 Å². The summed E-state index contributed by atoms with van der Waals surface area (Å²) in [6.45, 7) is 3.08. The number of nitrogens with zero attached hydrogens (tertiary/aromatic N) is 3. The maximum Gasteiger partial charge on any atom is 0.338 e. The van der Waals surface area contributed by atoms with Crippen LogP contribution in [0.15, 0.2) is 53.3 Å². The van der Waals surface area contributed by atoms with Crippen LogP contribution in [0.5, 0.6) is 0 Å². The summed E-state index contributed by atoms with van der Waals surface area (Å²) in [6.07, 6.45) is 5.53. The molecular formula is C28H32N4O4. The Labute approximate surface area is 210 Å². The van der Waals surface area contributed by atoms with Crippen molar-refractivity contribution in [1.82, 2.24) is 19.8 Å². The molecule has 3 aromatic rings. The summed E-state index contributed by atoms with van der Waals surface area (Å²) in [5, 5.41) is 3.48. The van der Waals surface area contributed by atoms with E-state index in [2.05, 4.69) is 27.3 Å². The maximum atomic E-state index is 12.9. The van der Waals surface area contributed by atoms with Crippen LogP contribution in [0.25, 0.3) is 10.9 Å². The Morgan fingerprint density at radius 2 is 1.81 bits per heavy atom. The lowest BCUT2D eigenvalue weighted by Crippen LogP contribution is -2.45. The Balaban J connectivity index is 1.13. The van der Waals surface area contributed by atoms with Crippen LogP contribution in [0.1, 0.15) is 53.8 Å². The van der Waals surface area contributed by atoms with Crippen LogP contribution in [0.4, 0.5) is 0 Å². The number of fused-ring (bicyclic) bond motifs is 2. The summed E-state index contributed by atoms with van der Waals surface area (Å²) in [5.41, 5.74) is 2.01. The summed E-state index contributed by atoms with van der Waals surface area (Å²) in [4.78, 5) is 44.9. The van der Waals surface area contributed by atoms with E-state index in [-0.39, 0.29) is 29.7 Å². The van der Waals surface area contributed by atoms with Gasteiger partial charge in [-0.25, -0.2) is 9.78 Å². The molecule has 0 spiro atoms. The predicted molar refractivity (Wildman–Crippen MR) is 137 cm³/mol. The van der Waals surface area contributed by atoms with Gasteiger partial charge in [-0.15, -0.1) is 0 Å². The minimum absolute atomic E-state index is 0.0639. The molecule has 3 heterocycles. The van der Waals surface area contributed by atoms with E-state index >= 15 is 0 Å². The summed E-state index contributed by atoms with van der Waals surface area (Å²) < 4.78 is 7.02. The number of carbonyl (C=O) groups excluding carboxylic acids is 2. The Kier molecular flexibility index (Phi) is 7.41. The Morgan fingerprint density at radius 1 is 1.00 bits per heavy atom. The molecule has 8 heteroatoms. The average molecular weight is 489 g/mol. The highest BCUT2D eigenvalue weighted by Gasteiger charge is 2.22. The van der Waals surface area contributed by atoms with Gasteiger partial charge in [-0.05, 0) is 49.4 Å². The third kappa shape index (κ3) is 5.65. The first-order chi connectivity index (χ1) is 17.6. The molecule has 1 amide bonds. The van der Waals surface area contributed by atoms with Crippen LogP contribution < -0.4 is 10.9 Å². The van der Waals surface area contributed by atoms with Crippen LogP contribution in [0.2, 0.25) is 0 Å². The minimum atomic E-state index is -0.596. The molecular weight excluding hydrogens is 456 g/mol. The van der Waals surface area contributed by atoms with Crippen molar-refractivity contribution in [1.29, 1.82) is 0 Å². The number of benzene rings is 2. The lowest BCUT2D eigenvalue weighted by molar-refractivity contribution is -0.125. The summed E-state index contributed by atoms with van der Waals surface area (Å²) in [6, 6.07) is 15.2. The predicted octanol–water partition coefficient (Wildman–Crippen LogP) is 3.06. The number of esters is 1. The third-order valence-corrected chi connectivity index (χ3v) is 7.09. The van der Waals surface area contributed by atoms with Gasteiger partial charge in [0, 0.05) is 38.6 Å². The fraction of sp³-hybridized carbons (Fsp3) is 0.429. The molecule has 2 aliphatic rings. The topological polar surface area (TPSA) is 93.5 Å². The van der Waals surface area contributed by atoms with Gasteiger partial charge in [-0.1, -0.05) is 36.8 Å². The number of amides is 1. The van der Waals surface area contributed by atoms with E-state index < -0.39 is 5.97 Å². The summed E-state index contributed by atoms with van der Waals surface area (Å²) in [7, 11) is 0. The fourth-order valence-corrected chi connectivity index (χ4v) is 5.11. The molecule has 1 N–H and O–H groups in total. The Morgan fingerprint density at radius 3 is 2.61 bits per heavy atom.